The molecule has 4 heteroatoms. The summed E-state index contributed by atoms with van der Waals surface area (Å²) in [6.45, 7) is 12.2. The van der Waals surface area contributed by atoms with Gasteiger partial charge in [0.2, 0.25) is 0 Å². The van der Waals surface area contributed by atoms with E-state index in [0.29, 0.717) is 11.8 Å². The number of benzene rings is 4. The van der Waals surface area contributed by atoms with Crippen LogP contribution in [0.1, 0.15) is 139 Å². The molecule has 0 amide bonds. The Labute approximate surface area is 383 Å². The first-order valence-electron chi connectivity index (χ1n) is 21.3. The maximum atomic E-state index is 3.06. The molecule has 58 heavy (non-hydrogen) atoms. The van der Waals surface area contributed by atoms with Crippen LogP contribution in [-0.4, -0.2) is 6.88 Å². The molecule has 2 aliphatic carbocycles. The second-order valence-electron chi connectivity index (χ2n) is 16.6. The van der Waals surface area contributed by atoms with Crippen LogP contribution in [0.25, 0.3) is 43.8 Å². The third-order valence-electron chi connectivity index (χ3n) is 12.9. The van der Waals surface area contributed by atoms with Gasteiger partial charge in [0.05, 0.1) is 0 Å². The predicted octanol–water partition coefficient (Wildman–Crippen LogP) is 17.1. The SMILES string of the molecule is CCC(C)c1ccc(-c2cccc3[cH-]c(CC4CCCCC4)cc23)cc1.CCC(C)c1ccc(-c2cccc3[cH-]c(CC4CCCCC4)cc23)cc1.Cl.Cl.[CH3-].[CH3-].[Si]=[Zr]. The molecule has 2 aliphatic rings. The minimum absolute atomic E-state index is 0. The average Bonchev–Trinajstić information content (AvgIpc) is 3.85. The molecular formula is C54H70Cl2SiZr-4. The van der Waals surface area contributed by atoms with E-state index in [-0.39, 0.29) is 39.7 Å². The van der Waals surface area contributed by atoms with E-state index >= 15 is 0 Å². The standard InChI is InChI=1S/2C26H31.2CH3.2ClH.Si.Zr/c2*1-3-19(2)22-12-14-23(15-13-22)25-11-7-10-24-17-21(18-26(24)25)16-20-8-5-4-6-9-20;;;;;;/h2*7,10-15,17-20H,3-6,8-9,16H2,1-2H3;2*1H3;2*1H;;/q4*-1;;;;. The van der Waals surface area contributed by atoms with Crippen molar-refractivity contribution >= 4 is 53.2 Å². The van der Waals surface area contributed by atoms with Crippen molar-refractivity contribution in [3.05, 3.63) is 146 Å². The number of fused-ring (bicyclic) bond motifs is 2. The van der Waals surface area contributed by atoms with Crippen molar-refractivity contribution in [2.45, 2.75) is 129 Å². The summed E-state index contributed by atoms with van der Waals surface area (Å²) in [5, 5.41) is 5.66. The first-order valence-corrected chi connectivity index (χ1v) is 25.5. The summed E-state index contributed by atoms with van der Waals surface area (Å²) in [5.41, 5.74) is 11.4. The van der Waals surface area contributed by atoms with Crippen LogP contribution in [0.15, 0.2) is 109 Å². The fourth-order valence-corrected chi connectivity index (χ4v) is 9.24. The van der Waals surface area contributed by atoms with E-state index in [4.69, 9.17) is 0 Å². The van der Waals surface area contributed by atoms with Gasteiger partial charge in [0.15, 0.2) is 0 Å². The molecule has 2 unspecified atom stereocenters. The molecule has 0 aliphatic heterocycles. The molecule has 8 rings (SSSR count). The molecule has 2 radical (unpaired) electrons. The van der Waals surface area contributed by atoms with Crippen LogP contribution in [0.4, 0.5) is 0 Å². The van der Waals surface area contributed by atoms with Gasteiger partial charge in [0.1, 0.15) is 0 Å². The maximum absolute atomic E-state index is 3.06. The molecule has 0 nitrogen and oxygen atoms in total. The van der Waals surface area contributed by atoms with E-state index < -0.39 is 0 Å². The molecule has 6 aromatic carbocycles. The van der Waals surface area contributed by atoms with Crippen molar-refractivity contribution < 1.29 is 23.3 Å². The second kappa shape index (κ2) is 26.2. The quantitative estimate of drug-likeness (QED) is 0.0949. The fraction of sp³-hybridized carbons (Fsp3) is 0.407. The van der Waals surface area contributed by atoms with Crippen LogP contribution in [0.5, 0.6) is 0 Å². The molecule has 0 aromatic heterocycles. The van der Waals surface area contributed by atoms with Gasteiger partial charge in [0, 0.05) is 0 Å². The van der Waals surface area contributed by atoms with Crippen molar-refractivity contribution in [2.75, 3.05) is 0 Å². The van der Waals surface area contributed by atoms with Gasteiger partial charge in [-0.15, -0.1) is 93.9 Å². The van der Waals surface area contributed by atoms with E-state index in [9.17, 15) is 0 Å². The summed E-state index contributed by atoms with van der Waals surface area (Å²) in [4.78, 5) is 0. The van der Waals surface area contributed by atoms with Crippen LogP contribution in [0.3, 0.4) is 0 Å². The zero-order valence-corrected chi connectivity index (χ0v) is 41.5. The first-order chi connectivity index (χ1) is 26.5. The number of halogens is 2. The molecule has 0 saturated heterocycles. The molecular weight excluding hydrogens is 839 g/mol. The topological polar surface area (TPSA) is 0 Å². The Balaban J connectivity index is 0.000000360. The van der Waals surface area contributed by atoms with E-state index in [1.54, 1.807) is 0 Å². The molecule has 0 heterocycles. The Morgan fingerprint density at radius 2 is 0.879 bits per heavy atom. The van der Waals surface area contributed by atoms with Crippen LogP contribution >= 0.6 is 24.8 Å². The molecule has 2 saturated carbocycles. The summed E-state index contributed by atoms with van der Waals surface area (Å²) in [5.74, 6) is 3.08. The summed E-state index contributed by atoms with van der Waals surface area (Å²) < 4.78 is 0. The normalized spacial score (nSPS) is 15.2. The molecule has 0 spiro atoms. The number of hydrogen-bond acceptors (Lipinski definition) is 0. The fourth-order valence-electron chi connectivity index (χ4n) is 9.24. The van der Waals surface area contributed by atoms with E-state index in [1.807, 2.05) is 0 Å². The Morgan fingerprint density at radius 1 is 0.534 bits per heavy atom. The van der Waals surface area contributed by atoms with Crippen molar-refractivity contribution in [3.63, 3.8) is 0 Å². The summed E-state index contributed by atoms with van der Waals surface area (Å²) in [7, 11) is 0. The van der Waals surface area contributed by atoms with Crippen LogP contribution in [-0.2, 0) is 36.2 Å². The van der Waals surface area contributed by atoms with Gasteiger partial charge in [-0.25, -0.2) is 0 Å². The van der Waals surface area contributed by atoms with E-state index in [2.05, 4.69) is 144 Å². The zero-order chi connectivity index (χ0) is 37.9. The zero-order valence-electron chi connectivity index (χ0n) is 36.4. The van der Waals surface area contributed by atoms with Gasteiger partial charge in [-0.2, -0.15) is 12.1 Å². The van der Waals surface area contributed by atoms with Crippen molar-refractivity contribution in [2.24, 2.45) is 11.8 Å². The first kappa shape index (κ1) is 51.9. The van der Waals surface area contributed by atoms with Gasteiger partial charge < -0.3 is 14.9 Å². The predicted molar refractivity (Wildman–Crippen MR) is 261 cm³/mol. The van der Waals surface area contributed by atoms with Gasteiger partial charge in [-0.05, 0) is 71.6 Å². The second-order valence-corrected chi connectivity index (χ2v) is 16.6. The van der Waals surface area contributed by atoms with Crippen molar-refractivity contribution in [3.8, 4) is 22.3 Å². The molecule has 0 bridgehead atoms. The monoisotopic (exact) mass is 906 g/mol. The summed E-state index contributed by atoms with van der Waals surface area (Å²) in [6, 6.07) is 41.8. The Hall–Kier alpha value is -2.22. The van der Waals surface area contributed by atoms with Crippen molar-refractivity contribution in [1.29, 1.82) is 0 Å². The Morgan fingerprint density at radius 3 is 1.21 bits per heavy atom. The van der Waals surface area contributed by atoms with Gasteiger partial charge in [-0.3, -0.25) is 0 Å². The van der Waals surface area contributed by atoms with Crippen molar-refractivity contribution in [1.82, 2.24) is 0 Å². The third kappa shape index (κ3) is 13.4. The van der Waals surface area contributed by atoms with E-state index in [1.165, 1.54) is 179 Å². The Kier molecular flexibility index (Phi) is 23.4. The molecule has 312 valence electrons. The average molecular weight is 909 g/mol. The van der Waals surface area contributed by atoms with Crippen LogP contribution in [0.2, 0.25) is 0 Å². The van der Waals surface area contributed by atoms with E-state index in [0.717, 1.165) is 11.8 Å². The summed E-state index contributed by atoms with van der Waals surface area (Å²) >= 11 is 1.36. The number of rotatable bonds is 10. The molecule has 0 N–H and O–H groups in total. The van der Waals surface area contributed by atoms with Crippen LogP contribution < -0.4 is 0 Å². The molecule has 6 aromatic rings. The summed E-state index contributed by atoms with van der Waals surface area (Å²) in [6.07, 6.45) is 19.2. The molecule has 2 atom stereocenters. The minimum atomic E-state index is 0. The van der Waals surface area contributed by atoms with Gasteiger partial charge >= 0.3 is 30.2 Å². The van der Waals surface area contributed by atoms with Gasteiger partial charge in [0.25, 0.3) is 0 Å². The number of hydrogen-bond donors (Lipinski definition) is 0. The van der Waals surface area contributed by atoms with Gasteiger partial charge in [-0.1, -0.05) is 164 Å². The Bertz CT molecular complexity index is 1880. The third-order valence-corrected chi connectivity index (χ3v) is 12.9. The molecule has 2 fully saturated rings. The van der Waals surface area contributed by atoms with Crippen LogP contribution in [0, 0.1) is 26.7 Å².